The predicted molar refractivity (Wildman–Crippen MR) is 147 cm³/mol. The first-order valence-corrected chi connectivity index (χ1v) is 15.2. The van der Waals surface area contributed by atoms with Crippen molar-refractivity contribution in [3.63, 3.8) is 0 Å². The molecule has 1 atom stereocenters. The van der Waals surface area contributed by atoms with Crippen molar-refractivity contribution in [3.05, 3.63) is 53.6 Å². The Labute approximate surface area is 226 Å². The van der Waals surface area contributed by atoms with E-state index in [9.17, 15) is 23.1 Å². The van der Waals surface area contributed by atoms with Crippen LogP contribution in [0, 0.1) is 5.92 Å². The molecule has 1 amide bonds. The molecule has 0 radical (unpaired) electrons. The Morgan fingerprint density at radius 3 is 2.42 bits per heavy atom. The molecule has 0 spiro atoms. The number of sulfonamides is 1. The van der Waals surface area contributed by atoms with Gasteiger partial charge in [-0.1, -0.05) is 49.2 Å². The second kappa shape index (κ2) is 11.1. The summed E-state index contributed by atoms with van der Waals surface area (Å²) in [4.78, 5) is 31.7. The fourth-order valence-electron chi connectivity index (χ4n) is 5.33. The Balaban J connectivity index is 1.37. The molecule has 202 valence electrons. The van der Waals surface area contributed by atoms with Gasteiger partial charge in [-0.15, -0.1) is 0 Å². The smallest absolute Gasteiger partial charge is 0.335 e. The molecule has 1 aliphatic carbocycles. The Bertz CT molecular complexity index is 1420. The number of fused-ring (bicyclic) bond motifs is 1. The molecule has 2 aromatic carbocycles. The van der Waals surface area contributed by atoms with Crippen LogP contribution in [-0.2, 0) is 14.8 Å². The molecule has 11 heteroatoms. The minimum Gasteiger partial charge on any atom is -0.478 e. The van der Waals surface area contributed by atoms with Crippen LogP contribution in [0.15, 0.2) is 47.4 Å². The summed E-state index contributed by atoms with van der Waals surface area (Å²) < 4.78 is 28.5. The number of carbonyl (C=O) groups is 2. The molecule has 1 saturated heterocycles. The molecule has 2 N–H and O–H groups in total. The number of carbonyl (C=O) groups excluding carboxylic acids is 1. The standard InChI is InChI=1S/C27H32N4O5S2/c1-30-12-14-31(15-13-30)38(35,36)21-9-6-19(7-10-21)22(16-18-4-2-3-5-18)25(32)29-27-28-23-11-8-20(26(33)34)17-24(23)37-27/h6-11,17-18,22H,2-5,12-16H2,1H3,(H,33,34)(H,28,29,32)/t22-/m1/s1. The Morgan fingerprint density at radius 1 is 1.08 bits per heavy atom. The zero-order valence-corrected chi connectivity index (χ0v) is 22.9. The zero-order chi connectivity index (χ0) is 26.9. The Hall–Kier alpha value is -2.86. The Morgan fingerprint density at radius 2 is 1.76 bits per heavy atom. The first-order chi connectivity index (χ1) is 18.2. The van der Waals surface area contributed by atoms with Crippen LogP contribution in [0.2, 0.25) is 0 Å². The number of aromatic carboxylic acids is 1. The third-order valence-corrected chi connectivity index (χ3v) is 10.5. The van der Waals surface area contributed by atoms with Gasteiger partial charge in [-0.25, -0.2) is 18.2 Å². The van der Waals surface area contributed by atoms with Crippen LogP contribution in [0.25, 0.3) is 10.2 Å². The number of amides is 1. The average molecular weight is 557 g/mol. The topological polar surface area (TPSA) is 120 Å². The van der Waals surface area contributed by atoms with Crippen molar-refractivity contribution in [2.24, 2.45) is 5.92 Å². The SMILES string of the molecule is CN1CCN(S(=O)(=O)c2ccc([C@@H](CC3CCCC3)C(=O)Nc3nc4ccc(C(=O)O)cc4s3)cc2)CC1. The van der Waals surface area contributed by atoms with Crippen molar-refractivity contribution in [1.29, 1.82) is 0 Å². The number of thiazole rings is 1. The maximum atomic E-state index is 13.5. The number of benzene rings is 2. The number of nitrogens with one attached hydrogen (secondary N) is 1. The summed E-state index contributed by atoms with van der Waals surface area (Å²) in [7, 11) is -1.61. The first kappa shape index (κ1) is 26.7. The highest BCUT2D eigenvalue weighted by Crippen LogP contribution is 2.36. The van der Waals surface area contributed by atoms with E-state index in [4.69, 9.17) is 0 Å². The monoisotopic (exact) mass is 556 g/mol. The number of hydrogen-bond donors (Lipinski definition) is 2. The van der Waals surface area contributed by atoms with Gasteiger partial charge in [0.15, 0.2) is 5.13 Å². The largest absolute Gasteiger partial charge is 0.478 e. The second-order valence-electron chi connectivity index (χ2n) is 10.2. The van der Waals surface area contributed by atoms with E-state index in [1.54, 1.807) is 36.4 Å². The molecule has 1 aliphatic heterocycles. The summed E-state index contributed by atoms with van der Waals surface area (Å²) >= 11 is 1.24. The third-order valence-electron chi connectivity index (χ3n) is 7.61. The van der Waals surface area contributed by atoms with E-state index < -0.39 is 21.9 Å². The summed E-state index contributed by atoms with van der Waals surface area (Å²) in [6.07, 6.45) is 5.16. The van der Waals surface area contributed by atoms with Crippen LogP contribution in [0.4, 0.5) is 5.13 Å². The van der Waals surface area contributed by atoms with E-state index in [0.29, 0.717) is 53.9 Å². The lowest BCUT2D eigenvalue weighted by Gasteiger charge is -2.31. The van der Waals surface area contributed by atoms with Crippen LogP contribution in [0.1, 0.15) is 53.9 Å². The van der Waals surface area contributed by atoms with Crippen LogP contribution in [0.5, 0.6) is 0 Å². The van der Waals surface area contributed by atoms with Gasteiger partial charge in [-0.2, -0.15) is 4.31 Å². The normalized spacial score (nSPS) is 18.6. The summed E-state index contributed by atoms with van der Waals surface area (Å²) in [5, 5.41) is 12.6. The van der Waals surface area contributed by atoms with Crippen molar-refractivity contribution >= 4 is 48.6 Å². The average Bonchev–Trinajstić information content (AvgIpc) is 3.56. The van der Waals surface area contributed by atoms with Crippen molar-refractivity contribution in [3.8, 4) is 0 Å². The molecular weight excluding hydrogens is 524 g/mol. The number of hydrogen-bond acceptors (Lipinski definition) is 7. The molecule has 2 aliphatic rings. The lowest BCUT2D eigenvalue weighted by atomic mass is 9.87. The van der Waals surface area contributed by atoms with Crippen molar-refractivity contribution in [1.82, 2.24) is 14.2 Å². The predicted octanol–water partition coefficient (Wildman–Crippen LogP) is 4.23. The zero-order valence-electron chi connectivity index (χ0n) is 21.3. The maximum Gasteiger partial charge on any atom is 0.335 e. The number of aromatic nitrogens is 1. The number of nitrogens with zero attached hydrogens (tertiary/aromatic N) is 3. The highest BCUT2D eigenvalue weighted by molar-refractivity contribution is 7.89. The van der Waals surface area contributed by atoms with Gasteiger partial charge >= 0.3 is 5.97 Å². The number of rotatable bonds is 8. The van der Waals surface area contributed by atoms with Crippen LogP contribution in [-0.4, -0.2) is 72.8 Å². The Kier molecular flexibility index (Phi) is 7.80. The van der Waals surface area contributed by atoms with Crippen molar-refractivity contribution in [2.45, 2.75) is 42.9 Å². The molecule has 2 heterocycles. The summed E-state index contributed by atoms with van der Waals surface area (Å²) in [6, 6.07) is 11.4. The van der Waals surface area contributed by atoms with Gasteiger partial charge in [-0.05, 0) is 55.3 Å². The number of likely N-dealkylation sites (N-methyl/N-ethyl adjacent to an activating group) is 1. The molecule has 9 nitrogen and oxygen atoms in total. The lowest BCUT2D eigenvalue weighted by Crippen LogP contribution is -2.47. The molecule has 1 aromatic heterocycles. The number of piperazine rings is 1. The van der Waals surface area contributed by atoms with E-state index >= 15 is 0 Å². The van der Waals surface area contributed by atoms with Gasteiger partial charge in [-0.3, -0.25) is 4.79 Å². The van der Waals surface area contributed by atoms with Crippen molar-refractivity contribution < 1.29 is 23.1 Å². The summed E-state index contributed by atoms with van der Waals surface area (Å²) in [5.41, 5.74) is 1.58. The summed E-state index contributed by atoms with van der Waals surface area (Å²) in [6.45, 7) is 2.32. The second-order valence-corrected chi connectivity index (χ2v) is 13.2. The molecule has 2 fully saturated rings. The van der Waals surface area contributed by atoms with Gasteiger partial charge in [0.25, 0.3) is 0 Å². The lowest BCUT2D eigenvalue weighted by molar-refractivity contribution is -0.118. The fourth-order valence-corrected chi connectivity index (χ4v) is 7.66. The fraction of sp³-hybridized carbons (Fsp3) is 0.444. The maximum absolute atomic E-state index is 13.5. The van der Waals surface area contributed by atoms with Gasteiger partial charge < -0.3 is 15.3 Å². The van der Waals surface area contributed by atoms with Gasteiger partial charge in [0, 0.05) is 26.2 Å². The van der Waals surface area contributed by atoms with Crippen LogP contribution < -0.4 is 5.32 Å². The minimum atomic E-state index is -3.59. The van der Waals surface area contributed by atoms with E-state index in [1.165, 1.54) is 21.7 Å². The van der Waals surface area contributed by atoms with Crippen LogP contribution in [0.3, 0.4) is 0 Å². The number of carboxylic acids is 1. The number of anilines is 1. The summed E-state index contributed by atoms with van der Waals surface area (Å²) in [5.74, 6) is -1.21. The molecule has 1 saturated carbocycles. The number of carboxylic acid groups (broad SMARTS) is 1. The van der Waals surface area contributed by atoms with E-state index in [0.717, 1.165) is 31.2 Å². The van der Waals surface area contributed by atoms with Gasteiger partial charge in [0.1, 0.15) is 0 Å². The molecular formula is C27H32N4O5S2. The third kappa shape index (κ3) is 5.75. The molecule has 0 unspecified atom stereocenters. The highest BCUT2D eigenvalue weighted by Gasteiger charge is 2.30. The van der Waals surface area contributed by atoms with E-state index in [1.807, 2.05) is 7.05 Å². The van der Waals surface area contributed by atoms with E-state index in [-0.39, 0.29) is 16.4 Å². The van der Waals surface area contributed by atoms with Gasteiger partial charge in [0.05, 0.1) is 26.6 Å². The quantitative estimate of drug-likeness (QED) is 0.426. The van der Waals surface area contributed by atoms with Crippen molar-refractivity contribution in [2.75, 3.05) is 38.5 Å². The van der Waals surface area contributed by atoms with Crippen LogP contribution >= 0.6 is 11.3 Å². The minimum absolute atomic E-state index is 0.171. The highest BCUT2D eigenvalue weighted by atomic mass is 32.2. The molecule has 3 aromatic rings. The molecule has 5 rings (SSSR count). The van der Waals surface area contributed by atoms with Gasteiger partial charge in [0.2, 0.25) is 15.9 Å². The molecule has 38 heavy (non-hydrogen) atoms. The molecule has 0 bridgehead atoms. The van der Waals surface area contributed by atoms with E-state index in [2.05, 4.69) is 15.2 Å². The first-order valence-electron chi connectivity index (χ1n) is 12.9.